The van der Waals surface area contributed by atoms with Crippen LogP contribution in [0.4, 0.5) is 0 Å². The molecule has 1 aromatic rings. The highest BCUT2D eigenvalue weighted by molar-refractivity contribution is 5.85. The molecule has 1 heterocycles. The number of rotatable bonds is 4. The van der Waals surface area contributed by atoms with Crippen molar-refractivity contribution in [2.75, 3.05) is 27.4 Å². The van der Waals surface area contributed by atoms with Crippen LogP contribution < -0.4 is 15.2 Å². The number of methoxy groups -OCH3 is 2. The van der Waals surface area contributed by atoms with Gasteiger partial charge in [0.25, 0.3) is 0 Å². The molecule has 1 aliphatic rings. The quantitative estimate of drug-likeness (QED) is 0.925. The van der Waals surface area contributed by atoms with E-state index in [1.807, 2.05) is 18.2 Å². The molecule has 1 aromatic carbocycles. The van der Waals surface area contributed by atoms with Crippen molar-refractivity contribution < 1.29 is 14.2 Å². The van der Waals surface area contributed by atoms with E-state index in [1.54, 1.807) is 14.2 Å². The van der Waals surface area contributed by atoms with Crippen LogP contribution in [0.25, 0.3) is 0 Å². The van der Waals surface area contributed by atoms with Gasteiger partial charge < -0.3 is 19.9 Å². The highest BCUT2D eigenvalue weighted by Crippen LogP contribution is 2.32. The Morgan fingerprint density at radius 3 is 2.11 bits per heavy atom. The molecule has 4 nitrogen and oxygen atoms in total. The van der Waals surface area contributed by atoms with Crippen molar-refractivity contribution in [3.05, 3.63) is 23.8 Å². The molecule has 108 valence electrons. The van der Waals surface area contributed by atoms with Crippen molar-refractivity contribution in [1.29, 1.82) is 0 Å². The van der Waals surface area contributed by atoms with Crippen molar-refractivity contribution in [2.24, 2.45) is 11.7 Å². The predicted molar refractivity (Wildman–Crippen MR) is 77.3 cm³/mol. The molecule has 1 aliphatic heterocycles. The van der Waals surface area contributed by atoms with Gasteiger partial charge in [-0.2, -0.15) is 0 Å². The molecule has 1 saturated heterocycles. The lowest BCUT2D eigenvalue weighted by Crippen LogP contribution is -2.27. The molecule has 0 aliphatic carbocycles. The average Bonchev–Trinajstić information content (AvgIpc) is 2.46. The van der Waals surface area contributed by atoms with E-state index in [9.17, 15) is 0 Å². The van der Waals surface area contributed by atoms with E-state index < -0.39 is 0 Å². The van der Waals surface area contributed by atoms with Gasteiger partial charge >= 0.3 is 0 Å². The SMILES string of the molecule is COc1cc(OC)cc([C@H](N)C2CCOCC2)c1.Cl. The summed E-state index contributed by atoms with van der Waals surface area (Å²) in [6.07, 6.45) is 2.03. The van der Waals surface area contributed by atoms with Crippen molar-refractivity contribution in [1.82, 2.24) is 0 Å². The maximum atomic E-state index is 6.35. The standard InChI is InChI=1S/C14H21NO3.ClH/c1-16-12-7-11(8-13(9-12)17-2)14(15)10-3-5-18-6-4-10;/h7-10,14H,3-6,15H2,1-2H3;1H/t14-;/m1./s1. The first-order valence-electron chi connectivity index (χ1n) is 6.31. The molecular formula is C14H22ClNO3. The number of ether oxygens (including phenoxy) is 3. The summed E-state index contributed by atoms with van der Waals surface area (Å²) in [4.78, 5) is 0. The Morgan fingerprint density at radius 2 is 1.63 bits per heavy atom. The maximum Gasteiger partial charge on any atom is 0.122 e. The lowest BCUT2D eigenvalue weighted by molar-refractivity contribution is 0.0583. The zero-order chi connectivity index (χ0) is 13.0. The van der Waals surface area contributed by atoms with E-state index in [4.69, 9.17) is 19.9 Å². The summed E-state index contributed by atoms with van der Waals surface area (Å²) in [5.74, 6) is 2.04. The summed E-state index contributed by atoms with van der Waals surface area (Å²) in [6.45, 7) is 1.61. The fourth-order valence-corrected chi connectivity index (χ4v) is 2.37. The van der Waals surface area contributed by atoms with Crippen LogP contribution >= 0.6 is 12.4 Å². The molecule has 0 spiro atoms. The molecule has 2 rings (SSSR count). The summed E-state index contributed by atoms with van der Waals surface area (Å²) in [6, 6.07) is 5.85. The Balaban J connectivity index is 0.00000180. The minimum Gasteiger partial charge on any atom is -0.497 e. The summed E-state index contributed by atoms with van der Waals surface area (Å²) >= 11 is 0. The summed E-state index contributed by atoms with van der Waals surface area (Å²) in [7, 11) is 3.30. The van der Waals surface area contributed by atoms with Crippen molar-refractivity contribution >= 4 is 12.4 Å². The molecule has 1 fully saturated rings. The zero-order valence-corrected chi connectivity index (χ0v) is 12.2. The fourth-order valence-electron chi connectivity index (χ4n) is 2.37. The first-order chi connectivity index (χ1) is 8.74. The van der Waals surface area contributed by atoms with Gasteiger partial charge in [0.05, 0.1) is 14.2 Å². The summed E-state index contributed by atoms with van der Waals surface area (Å²) in [5.41, 5.74) is 7.42. The van der Waals surface area contributed by atoms with Gasteiger partial charge in [-0.1, -0.05) is 0 Å². The first kappa shape index (κ1) is 16.1. The summed E-state index contributed by atoms with van der Waals surface area (Å²) in [5, 5.41) is 0. The van der Waals surface area contributed by atoms with Crippen LogP contribution in [0.1, 0.15) is 24.4 Å². The monoisotopic (exact) mass is 287 g/mol. The number of hydrogen-bond acceptors (Lipinski definition) is 4. The van der Waals surface area contributed by atoms with Gasteiger partial charge in [-0.15, -0.1) is 12.4 Å². The van der Waals surface area contributed by atoms with E-state index >= 15 is 0 Å². The van der Waals surface area contributed by atoms with Gasteiger partial charge in [0.15, 0.2) is 0 Å². The van der Waals surface area contributed by atoms with Gasteiger partial charge in [0.2, 0.25) is 0 Å². The minimum absolute atomic E-state index is 0. The largest absolute Gasteiger partial charge is 0.497 e. The number of halogens is 1. The normalized spacial score (nSPS) is 17.4. The molecule has 0 saturated carbocycles. The molecule has 2 N–H and O–H groups in total. The lowest BCUT2D eigenvalue weighted by Gasteiger charge is -2.28. The van der Waals surface area contributed by atoms with Crippen LogP contribution in [0.15, 0.2) is 18.2 Å². The van der Waals surface area contributed by atoms with E-state index in [2.05, 4.69) is 0 Å². The second-order valence-corrected chi connectivity index (χ2v) is 4.62. The van der Waals surface area contributed by atoms with Gasteiger partial charge in [0.1, 0.15) is 11.5 Å². The molecule has 19 heavy (non-hydrogen) atoms. The van der Waals surface area contributed by atoms with E-state index in [0.29, 0.717) is 5.92 Å². The van der Waals surface area contributed by atoms with Crippen LogP contribution in [0.3, 0.4) is 0 Å². The lowest BCUT2D eigenvalue weighted by atomic mass is 9.87. The zero-order valence-electron chi connectivity index (χ0n) is 11.4. The first-order valence-corrected chi connectivity index (χ1v) is 6.31. The highest BCUT2D eigenvalue weighted by atomic mass is 35.5. The minimum atomic E-state index is 0. The second-order valence-electron chi connectivity index (χ2n) is 4.62. The average molecular weight is 288 g/mol. The van der Waals surface area contributed by atoms with Crippen molar-refractivity contribution in [2.45, 2.75) is 18.9 Å². The van der Waals surface area contributed by atoms with Crippen LogP contribution in [-0.2, 0) is 4.74 Å². The molecule has 0 amide bonds. The maximum absolute atomic E-state index is 6.35. The van der Waals surface area contributed by atoms with Gasteiger partial charge in [-0.25, -0.2) is 0 Å². The van der Waals surface area contributed by atoms with Gasteiger partial charge in [-0.05, 0) is 36.5 Å². The summed E-state index contributed by atoms with van der Waals surface area (Å²) < 4.78 is 15.9. The Hall–Kier alpha value is -0.970. The number of nitrogens with two attached hydrogens (primary N) is 1. The second kappa shape index (κ2) is 7.58. The van der Waals surface area contributed by atoms with Crippen LogP contribution in [0, 0.1) is 5.92 Å². The Kier molecular flexibility index (Phi) is 6.42. The molecule has 5 heteroatoms. The van der Waals surface area contributed by atoms with E-state index in [-0.39, 0.29) is 18.4 Å². The van der Waals surface area contributed by atoms with Crippen LogP contribution in [-0.4, -0.2) is 27.4 Å². The third-order valence-corrected chi connectivity index (χ3v) is 3.53. The van der Waals surface area contributed by atoms with Crippen molar-refractivity contribution in [3.63, 3.8) is 0 Å². The number of benzene rings is 1. The Bertz CT molecular complexity index is 372. The molecular weight excluding hydrogens is 266 g/mol. The third kappa shape index (κ3) is 4.00. The molecule has 0 radical (unpaired) electrons. The van der Waals surface area contributed by atoms with E-state index in [0.717, 1.165) is 43.1 Å². The highest BCUT2D eigenvalue weighted by Gasteiger charge is 2.23. The van der Waals surface area contributed by atoms with E-state index in [1.165, 1.54) is 0 Å². The van der Waals surface area contributed by atoms with Crippen LogP contribution in [0.2, 0.25) is 0 Å². The molecule has 0 aromatic heterocycles. The smallest absolute Gasteiger partial charge is 0.122 e. The third-order valence-electron chi connectivity index (χ3n) is 3.53. The fraction of sp³-hybridized carbons (Fsp3) is 0.571. The van der Waals surface area contributed by atoms with Crippen molar-refractivity contribution in [3.8, 4) is 11.5 Å². The van der Waals surface area contributed by atoms with Gasteiger partial charge in [-0.3, -0.25) is 0 Å². The molecule has 0 unspecified atom stereocenters. The molecule has 1 atom stereocenters. The Labute approximate surface area is 120 Å². The Morgan fingerprint density at radius 1 is 1.11 bits per heavy atom. The van der Waals surface area contributed by atoms with Crippen LogP contribution in [0.5, 0.6) is 11.5 Å². The number of hydrogen-bond donors (Lipinski definition) is 1. The predicted octanol–water partition coefficient (Wildman–Crippen LogP) is 2.55. The van der Waals surface area contributed by atoms with Gasteiger partial charge in [0, 0.05) is 25.3 Å². The topological polar surface area (TPSA) is 53.7 Å². The molecule has 0 bridgehead atoms.